The average Bonchev–Trinajstić information content (AvgIpc) is 3.14. The Balaban J connectivity index is 1.94. The van der Waals surface area contributed by atoms with Gasteiger partial charge in [-0.2, -0.15) is 0 Å². The Hall–Kier alpha value is -3.80. The van der Waals surface area contributed by atoms with Gasteiger partial charge in [0.05, 0.1) is 4.92 Å². The molecular weight excluding hydrogens is 328 g/mol. The number of hydrogen-bond donors (Lipinski definition) is 0. The van der Waals surface area contributed by atoms with Gasteiger partial charge in [-0.1, -0.05) is 60.7 Å². The molecule has 0 aliphatic heterocycles. The van der Waals surface area contributed by atoms with Crippen LogP contribution in [0.5, 0.6) is 0 Å². The standard InChI is InChI=1S/C20H12N4O2/c25-24(26)18-12-6-5-11-17(18)23-21-19-15-9-3-1-7-13(15)14-8-2-4-10-16(14)20(19)22-23/h1-12H. The van der Waals surface area contributed by atoms with Crippen LogP contribution in [-0.2, 0) is 0 Å². The van der Waals surface area contributed by atoms with E-state index >= 15 is 0 Å². The van der Waals surface area contributed by atoms with Gasteiger partial charge in [0.2, 0.25) is 0 Å². The predicted molar refractivity (Wildman–Crippen MR) is 101 cm³/mol. The lowest BCUT2D eigenvalue weighted by atomic mass is 10.0. The maximum Gasteiger partial charge on any atom is 0.296 e. The molecule has 1 heterocycles. The summed E-state index contributed by atoms with van der Waals surface area (Å²) in [5.41, 5.74) is 1.79. The molecule has 1 aromatic heterocycles. The van der Waals surface area contributed by atoms with Crippen molar-refractivity contribution in [2.75, 3.05) is 0 Å². The summed E-state index contributed by atoms with van der Waals surface area (Å²) >= 11 is 0. The molecule has 0 atom stereocenters. The molecule has 0 radical (unpaired) electrons. The fraction of sp³-hybridized carbons (Fsp3) is 0. The molecule has 0 spiro atoms. The molecule has 0 saturated heterocycles. The summed E-state index contributed by atoms with van der Waals surface area (Å²) in [6, 6.07) is 22.5. The second-order valence-corrected chi connectivity index (χ2v) is 6.02. The lowest BCUT2D eigenvalue weighted by molar-refractivity contribution is -0.384. The van der Waals surface area contributed by atoms with E-state index < -0.39 is 4.92 Å². The van der Waals surface area contributed by atoms with E-state index in [2.05, 4.69) is 22.3 Å². The number of rotatable bonds is 2. The van der Waals surface area contributed by atoms with E-state index in [0.29, 0.717) is 5.69 Å². The van der Waals surface area contributed by atoms with Crippen LogP contribution >= 0.6 is 0 Å². The van der Waals surface area contributed by atoms with Crippen LogP contribution in [0.25, 0.3) is 38.3 Å². The molecule has 124 valence electrons. The van der Waals surface area contributed by atoms with Crippen LogP contribution in [0, 0.1) is 10.1 Å². The zero-order valence-electron chi connectivity index (χ0n) is 13.5. The quantitative estimate of drug-likeness (QED) is 0.267. The summed E-state index contributed by atoms with van der Waals surface area (Å²) < 4.78 is 0. The van der Waals surface area contributed by atoms with E-state index in [4.69, 9.17) is 0 Å². The molecule has 5 rings (SSSR count). The first-order valence-electron chi connectivity index (χ1n) is 8.14. The number of nitro groups is 1. The van der Waals surface area contributed by atoms with Gasteiger partial charge in [0.15, 0.2) is 5.69 Å². The number of para-hydroxylation sites is 2. The number of fused-ring (bicyclic) bond motifs is 6. The Bertz CT molecular complexity index is 1250. The van der Waals surface area contributed by atoms with Gasteiger partial charge in [-0.3, -0.25) is 10.1 Å². The van der Waals surface area contributed by atoms with Crippen LogP contribution in [-0.4, -0.2) is 19.9 Å². The number of nitrogens with zero attached hydrogens (tertiary/aromatic N) is 4. The van der Waals surface area contributed by atoms with Crippen molar-refractivity contribution in [3.8, 4) is 5.69 Å². The molecule has 4 aromatic carbocycles. The van der Waals surface area contributed by atoms with Crippen molar-refractivity contribution in [1.29, 1.82) is 0 Å². The molecule has 0 aliphatic rings. The van der Waals surface area contributed by atoms with E-state index in [1.165, 1.54) is 10.9 Å². The highest BCUT2D eigenvalue weighted by atomic mass is 16.6. The first kappa shape index (κ1) is 14.5. The van der Waals surface area contributed by atoms with Crippen LogP contribution in [0.1, 0.15) is 0 Å². The summed E-state index contributed by atoms with van der Waals surface area (Å²) in [5.74, 6) is 0. The average molecular weight is 340 g/mol. The first-order valence-corrected chi connectivity index (χ1v) is 8.14. The Labute approximate surface area is 147 Å². The van der Waals surface area contributed by atoms with E-state index in [0.717, 1.165) is 32.6 Å². The van der Waals surface area contributed by atoms with Gasteiger partial charge in [-0.15, -0.1) is 15.0 Å². The summed E-state index contributed by atoms with van der Waals surface area (Å²) in [4.78, 5) is 12.3. The minimum Gasteiger partial charge on any atom is -0.258 e. The molecule has 0 amide bonds. The molecule has 6 heteroatoms. The van der Waals surface area contributed by atoms with Crippen molar-refractivity contribution in [3.05, 3.63) is 82.9 Å². The summed E-state index contributed by atoms with van der Waals surface area (Å²) in [6.45, 7) is 0. The molecule has 0 fully saturated rings. The molecule has 0 aliphatic carbocycles. The van der Waals surface area contributed by atoms with Crippen LogP contribution in [0.3, 0.4) is 0 Å². The highest BCUT2D eigenvalue weighted by Gasteiger charge is 2.19. The van der Waals surface area contributed by atoms with E-state index in [1.807, 2.05) is 36.4 Å². The highest BCUT2D eigenvalue weighted by Crippen LogP contribution is 2.33. The SMILES string of the molecule is O=[N+]([O-])c1ccccc1-n1nc2c3ccccc3c3ccccc3c2n1. The van der Waals surface area contributed by atoms with Crippen LogP contribution in [0.4, 0.5) is 5.69 Å². The number of nitro benzene ring substituents is 1. The summed E-state index contributed by atoms with van der Waals surface area (Å²) in [6.07, 6.45) is 0. The Morgan fingerprint density at radius 3 is 1.69 bits per heavy atom. The van der Waals surface area contributed by atoms with Crippen LogP contribution in [0.15, 0.2) is 72.8 Å². The second-order valence-electron chi connectivity index (χ2n) is 6.02. The third-order valence-corrected chi connectivity index (χ3v) is 4.56. The topological polar surface area (TPSA) is 73.8 Å². The number of hydrogen-bond acceptors (Lipinski definition) is 4. The number of benzene rings is 4. The molecule has 5 aromatic rings. The maximum atomic E-state index is 11.4. The summed E-state index contributed by atoms with van der Waals surface area (Å²) in [5, 5.41) is 24.7. The van der Waals surface area contributed by atoms with Crippen molar-refractivity contribution >= 4 is 38.3 Å². The third kappa shape index (κ3) is 1.99. The van der Waals surface area contributed by atoms with E-state index in [9.17, 15) is 10.1 Å². The zero-order valence-corrected chi connectivity index (χ0v) is 13.5. The third-order valence-electron chi connectivity index (χ3n) is 4.56. The minimum atomic E-state index is -0.417. The van der Waals surface area contributed by atoms with Gasteiger partial charge in [0, 0.05) is 16.8 Å². The zero-order chi connectivity index (χ0) is 17.7. The molecule has 0 bridgehead atoms. The van der Waals surface area contributed by atoms with Crippen molar-refractivity contribution in [2.45, 2.75) is 0 Å². The lowest BCUT2D eigenvalue weighted by Gasteiger charge is -2.04. The Kier molecular flexibility index (Phi) is 2.99. The molecule has 0 N–H and O–H groups in total. The number of aromatic nitrogens is 3. The molecule has 26 heavy (non-hydrogen) atoms. The van der Waals surface area contributed by atoms with Gasteiger partial charge < -0.3 is 0 Å². The van der Waals surface area contributed by atoms with Crippen molar-refractivity contribution in [2.24, 2.45) is 0 Å². The van der Waals surface area contributed by atoms with Gasteiger partial charge >= 0.3 is 0 Å². The van der Waals surface area contributed by atoms with Crippen LogP contribution in [0.2, 0.25) is 0 Å². The first-order chi connectivity index (χ1) is 12.7. The Morgan fingerprint density at radius 1 is 0.692 bits per heavy atom. The van der Waals surface area contributed by atoms with Crippen molar-refractivity contribution in [3.63, 3.8) is 0 Å². The molecular formula is C20H12N4O2. The molecule has 0 saturated carbocycles. The van der Waals surface area contributed by atoms with Gasteiger partial charge in [-0.05, 0) is 16.8 Å². The van der Waals surface area contributed by atoms with E-state index in [-0.39, 0.29) is 5.69 Å². The summed E-state index contributed by atoms with van der Waals surface area (Å²) in [7, 11) is 0. The smallest absolute Gasteiger partial charge is 0.258 e. The van der Waals surface area contributed by atoms with E-state index in [1.54, 1.807) is 18.2 Å². The monoisotopic (exact) mass is 340 g/mol. The fourth-order valence-electron chi connectivity index (χ4n) is 3.41. The molecule has 6 nitrogen and oxygen atoms in total. The van der Waals surface area contributed by atoms with Gasteiger partial charge in [0.25, 0.3) is 5.69 Å². The lowest BCUT2D eigenvalue weighted by Crippen LogP contribution is -2.02. The highest BCUT2D eigenvalue weighted by molar-refractivity contribution is 6.22. The van der Waals surface area contributed by atoms with Crippen molar-refractivity contribution in [1.82, 2.24) is 15.0 Å². The largest absolute Gasteiger partial charge is 0.296 e. The fourth-order valence-corrected chi connectivity index (χ4v) is 3.41. The van der Waals surface area contributed by atoms with Crippen molar-refractivity contribution < 1.29 is 4.92 Å². The molecule has 0 unspecified atom stereocenters. The predicted octanol–water partition coefficient (Wildman–Crippen LogP) is 4.64. The normalized spacial score (nSPS) is 11.4. The maximum absolute atomic E-state index is 11.4. The minimum absolute atomic E-state index is 0.0265. The van der Waals surface area contributed by atoms with Gasteiger partial charge in [0.1, 0.15) is 11.0 Å². The second kappa shape index (κ2) is 5.35. The van der Waals surface area contributed by atoms with Crippen LogP contribution < -0.4 is 0 Å². The Morgan fingerprint density at radius 2 is 1.15 bits per heavy atom. The van der Waals surface area contributed by atoms with Gasteiger partial charge in [-0.25, -0.2) is 0 Å².